The molecule has 42 heteroatoms. The van der Waals surface area contributed by atoms with E-state index in [4.69, 9.17) is 79.2 Å². The molecule has 4 aliphatic rings. The summed E-state index contributed by atoms with van der Waals surface area (Å²) >= 11 is 0. The fraction of sp³-hybridized carbons (Fsp3) is 0.754. The third kappa shape index (κ3) is 32.1. The number of anilines is 2. The first kappa shape index (κ1) is 97.5. The molecule has 4 aromatic heterocycles. The van der Waals surface area contributed by atoms with Crippen LogP contribution < -0.4 is 35.7 Å². The van der Waals surface area contributed by atoms with Gasteiger partial charge in [0.2, 0.25) is 17.7 Å². The molecule has 0 spiro atoms. The average Bonchev–Trinajstić information content (AvgIpc) is 1.63. The van der Waals surface area contributed by atoms with Crippen LogP contribution in [-0.4, -0.2) is 232 Å². The molecule has 6 unspecified atom stereocenters. The lowest BCUT2D eigenvalue weighted by Crippen LogP contribution is -2.44. The van der Waals surface area contributed by atoms with Gasteiger partial charge in [0.15, 0.2) is 29.8 Å². The first-order chi connectivity index (χ1) is 51.1. The van der Waals surface area contributed by atoms with Gasteiger partial charge >= 0.3 is 11.7 Å². The monoisotopic (exact) mass is 1640 g/mol. The van der Waals surface area contributed by atoms with E-state index in [0.29, 0.717) is 41.3 Å². The Morgan fingerprint density at radius 1 is 0.604 bits per heavy atom. The van der Waals surface area contributed by atoms with Crippen LogP contribution in [0.2, 0.25) is 0 Å². The zero-order chi connectivity index (χ0) is 84.4. The number of methoxy groups -OCH3 is 5. The lowest BCUT2D eigenvalue weighted by atomic mass is 10.1. The second kappa shape index (κ2) is 41.1. The number of phosphoric ester groups is 3. The van der Waals surface area contributed by atoms with Crippen LogP contribution in [0, 0.1) is 5.92 Å². The number of hydrogen-bond acceptors (Lipinski definition) is 36. The molecule has 4 aliphatic heterocycles. The number of phosphoric acid groups is 3. The number of esters is 1. The van der Waals surface area contributed by atoms with Gasteiger partial charge in [-0.15, -0.1) is 5.10 Å². The van der Waals surface area contributed by atoms with E-state index in [2.05, 4.69) is 57.2 Å². The lowest BCUT2D eigenvalue weighted by Gasteiger charge is -2.35. The van der Waals surface area contributed by atoms with Gasteiger partial charge in [-0.05, 0) is 138 Å². The highest BCUT2D eigenvalue weighted by molar-refractivity contribution is 7.46. The molecule has 3 fully saturated rings. The largest absolute Gasteiger partial charge is 0.756 e. The van der Waals surface area contributed by atoms with Crippen molar-refractivity contribution in [2.45, 2.75) is 253 Å². The van der Waals surface area contributed by atoms with Crippen molar-refractivity contribution >= 4 is 58.3 Å². The van der Waals surface area contributed by atoms with E-state index in [1.54, 1.807) is 128 Å². The molecule has 0 saturated carbocycles. The summed E-state index contributed by atoms with van der Waals surface area (Å²) in [5.41, 5.74) is -4.18. The van der Waals surface area contributed by atoms with Crippen LogP contribution in [-0.2, 0) is 105 Å². The molecule has 0 aliphatic carbocycles. The predicted molar refractivity (Wildman–Crippen MR) is 402 cm³/mol. The number of aromatic nitrogens is 9. The van der Waals surface area contributed by atoms with Crippen molar-refractivity contribution in [1.82, 2.24) is 49.0 Å². The molecule has 0 radical (unpaired) electrons. The quantitative estimate of drug-likeness (QED) is 0.0453. The Bertz CT molecular complexity index is 3840. The van der Waals surface area contributed by atoms with Crippen LogP contribution in [0.25, 0.3) is 11.2 Å². The normalized spacial score (nSPS) is 24.6. The Morgan fingerprint density at radius 3 is 1.35 bits per heavy atom. The number of aliphatic imine (C=N–C) groups is 1. The van der Waals surface area contributed by atoms with Gasteiger partial charge in [0.25, 0.3) is 23.5 Å². The van der Waals surface area contributed by atoms with Crippen LogP contribution in [0.5, 0.6) is 5.88 Å². The van der Waals surface area contributed by atoms with Gasteiger partial charge in [-0.3, -0.25) is 32.3 Å². The maximum atomic E-state index is 12.7. The minimum absolute atomic E-state index is 0.00921. The summed E-state index contributed by atoms with van der Waals surface area (Å²) in [7, 11) is -1.76. The van der Waals surface area contributed by atoms with E-state index in [1.807, 2.05) is 83.2 Å². The Labute approximate surface area is 651 Å². The fourth-order valence-corrected chi connectivity index (χ4v) is 14.1. The molecule has 15 atom stereocenters. The van der Waals surface area contributed by atoms with Crippen molar-refractivity contribution in [2.24, 2.45) is 18.0 Å². The van der Waals surface area contributed by atoms with E-state index in [0.717, 1.165) is 0 Å². The first-order valence-corrected chi connectivity index (χ1v) is 40.0. The molecule has 4 aromatic rings. The molecule has 0 bridgehead atoms. The number of ether oxygens (including phenoxy) is 12. The summed E-state index contributed by atoms with van der Waals surface area (Å²) < 4.78 is 142. The second-order valence-electron chi connectivity index (χ2n) is 31.4. The Balaban J connectivity index is 0.000000322. The Kier molecular flexibility index (Phi) is 36.1. The minimum Gasteiger partial charge on any atom is -0.756 e. The maximum absolute atomic E-state index is 12.7. The van der Waals surface area contributed by atoms with Crippen molar-refractivity contribution in [3.8, 4) is 5.88 Å². The van der Waals surface area contributed by atoms with E-state index >= 15 is 0 Å². The highest BCUT2D eigenvalue weighted by atomic mass is 31.2. The lowest BCUT2D eigenvalue weighted by molar-refractivity contribution is -0.244. The van der Waals surface area contributed by atoms with E-state index in [-0.39, 0.29) is 37.6 Å². The van der Waals surface area contributed by atoms with Crippen LogP contribution in [0.15, 0.2) is 65.4 Å². The summed E-state index contributed by atoms with van der Waals surface area (Å²) in [6.45, 7) is 41.4. The zero-order valence-electron chi connectivity index (χ0n) is 69.5. The van der Waals surface area contributed by atoms with Gasteiger partial charge in [-0.1, -0.05) is 25.6 Å². The molecule has 8 rings (SSSR count). The molecule has 634 valence electrons. The minimum atomic E-state index is -4.74. The Morgan fingerprint density at radius 2 is 1.04 bits per heavy atom. The van der Waals surface area contributed by atoms with Crippen LogP contribution in [0.1, 0.15) is 158 Å². The first-order valence-electron chi connectivity index (χ1n) is 35.6. The summed E-state index contributed by atoms with van der Waals surface area (Å²) in [6.07, 6.45) is -1.09. The summed E-state index contributed by atoms with van der Waals surface area (Å²) in [5, 5.41) is 12.8. The zero-order valence-corrected chi connectivity index (χ0v) is 72.1. The van der Waals surface area contributed by atoms with Gasteiger partial charge in [0.1, 0.15) is 66.6 Å². The Hall–Kier alpha value is -5.84. The van der Waals surface area contributed by atoms with Crippen molar-refractivity contribution in [2.75, 3.05) is 86.7 Å². The molecule has 3 saturated heterocycles. The topological polar surface area (TPSA) is 452 Å². The summed E-state index contributed by atoms with van der Waals surface area (Å²) in [4.78, 5) is 83.8. The molecule has 0 amide bonds. The van der Waals surface area contributed by atoms with Gasteiger partial charge in [0.05, 0.1) is 92.7 Å². The number of hydrogen-bond donors (Lipinski definition) is 2. The van der Waals surface area contributed by atoms with Gasteiger partial charge in [-0.25, -0.2) is 9.78 Å². The van der Waals surface area contributed by atoms with Crippen LogP contribution in [0.3, 0.4) is 0 Å². The number of fused-ring (bicyclic) bond motifs is 1. The fourth-order valence-electron chi connectivity index (χ4n) is 10.3. The smallest absolute Gasteiger partial charge is 0.351 e. The second-order valence-corrected chi connectivity index (χ2v) is 35.3. The highest BCUT2D eigenvalue weighted by Crippen LogP contribution is 2.52. The number of carbonyl (C=O) groups is 1. The SMILES string of the molecule is C=C1N=C(OC)C=CN1[C@@H]1O[C@H](COC(C)(C)C)C(OP(=O)([O-])OC(C)(C)C)[C@@H]1OC.CCOC(=O)C(C)C.CNc1ccn([C@@H]2O[C@H](COC(C)(C)C)C(OP(=O)([O-])OC(C)(C)C)[C@@H]2OC)c(=O)n1.CNc1nc(OC)c2ncn([C@@H]3O[C@H](COC(C)(C)C)C(OP(=O)([O-])OC(C)(C)C)[C@@H]3OC)c2n1.Cn1ccnn1. The molecule has 39 nitrogen and oxygen atoms in total. The summed E-state index contributed by atoms with van der Waals surface area (Å²) in [5.74, 6) is 1.59. The van der Waals surface area contributed by atoms with Crippen molar-refractivity contribution < 1.29 is 117 Å². The highest BCUT2D eigenvalue weighted by Gasteiger charge is 2.53. The number of rotatable bonds is 26. The molecular weight excluding hydrogens is 1520 g/mol. The average molecular weight is 1640 g/mol. The number of nitrogens with one attached hydrogen (secondary N) is 2. The van der Waals surface area contributed by atoms with E-state index in [9.17, 15) is 38.0 Å². The predicted octanol–water partition coefficient (Wildman–Crippen LogP) is 7.53. The number of carbonyl (C=O) groups excluding carboxylic acids is 1. The maximum Gasteiger partial charge on any atom is 0.351 e. The molecule has 111 heavy (non-hydrogen) atoms. The van der Waals surface area contributed by atoms with E-state index in [1.165, 1.54) is 52.6 Å². The van der Waals surface area contributed by atoms with Gasteiger partial charge in [-0.2, -0.15) is 19.9 Å². The van der Waals surface area contributed by atoms with Gasteiger partial charge < -0.3 is 114 Å². The molecule has 2 N–H and O–H groups in total. The van der Waals surface area contributed by atoms with Crippen LogP contribution >= 0.6 is 23.5 Å². The van der Waals surface area contributed by atoms with Crippen molar-refractivity contribution in [3.05, 3.63) is 66.1 Å². The molecule has 0 aromatic carbocycles. The summed E-state index contributed by atoms with van der Waals surface area (Å²) in [6, 6.07) is 1.59. The molecular formula is C69H119N13O26P3-3. The van der Waals surface area contributed by atoms with Gasteiger partial charge in [0, 0.05) is 67.1 Å². The van der Waals surface area contributed by atoms with Crippen LogP contribution in [0.4, 0.5) is 11.8 Å². The number of nitrogens with zero attached hydrogens (tertiary/aromatic N) is 11. The third-order valence-electron chi connectivity index (χ3n) is 14.8. The molecule has 8 heterocycles. The van der Waals surface area contributed by atoms with Crippen molar-refractivity contribution in [3.63, 3.8) is 0 Å². The number of imidazole rings is 1. The van der Waals surface area contributed by atoms with Crippen molar-refractivity contribution in [1.29, 1.82) is 0 Å². The third-order valence-corrected chi connectivity index (χ3v) is 18.6. The van der Waals surface area contributed by atoms with E-state index < -0.39 is 136 Å². The standard InChI is InChI=1S/C21H36N5O8P.C20H35N2O8P.C19H34N3O8P.C6H12O2.C3H5N3/c1-20(2,3)31-10-12-14(33-35(27,28)34-21(4,5)6)15(29-8)18(32-12)26-11-23-13-16(26)24-19(22-7)25-17(13)30-9;1-13-21-15(25-8)10-11-22(13)18-17(26-9)16(14(28-18)12-27-19(2,3)4)29-31(23,24)30-20(5,6)7;1-18(2,3)27-11-12-14(29-31(24,25)30-19(4,5)6)15(26-8)16(28-12)22-10-9-13(20-7)21-17(22)23;1-4-8-6(7)5(2)3;1-6-3-2-4-5-6/h11-12,14-15,18H,10H2,1-9H3,(H,27,28)(H,22,24,25);10-11,14,16-18H,1,12H2,2-9H3,(H,23,24);9-10,12,14-16H,11H2,1-8H3,(H,24,25)(H,20,21,23);5H,4H2,1-3H3;2-3H,1H3/p-3/t12-,14?,15+,18-;14-,16?,17+,18-;12-,14?,15+,16-;;/m111../s1. The number of aryl methyl sites for hydroxylation is 1.